The van der Waals surface area contributed by atoms with E-state index in [-0.39, 0.29) is 5.56 Å². The first kappa shape index (κ1) is 22.3. The van der Waals surface area contributed by atoms with Gasteiger partial charge in [-0.2, -0.15) is 4.98 Å². The number of rotatable bonds is 9. The number of halogens is 1. The fraction of sp³-hybridized carbons (Fsp3) is 0.364. The van der Waals surface area contributed by atoms with Crippen LogP contribution in [0, 0.1) is 0 Å². The highest BCUT2D eigenvalue weighted by molar-refractivity contribution is 9.10. The number of H-pyrrole nitrogens is 1. The number of benzene rings is 1. The van der Waals surface area contributed by atoms with E-state index in [9.17, 15) is 4.79 Å². The van der Waals surface area contributed by atoms with Gasteiger partial charge in [0.25, 0.3) is 11.4 Å². The Morgan fingerprint density at radius 2 is 2.00 bits per heavy atom. The van der Waals surface area contributed by atoms with Gasteiger partial charge in [-0.05, 0) is 34.5 Å². The third kappa shape index (κ3) is 3.98. The number of para-hydroxylation sites is 1. The minimum Gasteiger partial charge on any atom is -0.496 e. The average Bonchev–Trinajstić information content (AvgIpc) is 3.58. The smallest absolute Gasteiger partial charge is 0.286 e. The van der Waals surface area contributed by atoms with Crippen LogP contribution in [0.1, 0.15) is 37.8 Å². The average molecular weight is 527 g/mol. The maximum Gasteiger partial charge on any atom is 0.286 e. The summed E-state index contributed by atoms with van der Waals surface area (Å²) in [6.07, 6.45) is 3.95. The van der Waals surface area contributed by atoms with Crippen LogP contribution in [0.5, 0.6) is 5.75 Å². The summed E-state index contributed by atoms with van der Waals surface area (Å²) < 4.78 is 14.8. The summed E-state index contributed by atoms with van der Waals surface area (Å²) >= 11 is 3.35. The topological polar surface area (TPSA) is 129 Å². The van der Waals surface area contributed by atoms with Gasteiger partial charge in [0.05, 0.1) is 12.7 Å². The van der Waals surface area contributed by atoms with E-state index in [1.807, 2.05) is 28.8 Å². The van der Waals surface area contributed by atoms with Gasteiger partial charge in [0.1, 0.15) is 11.6 Å². The largest absolute Gasteiger partial charge is 0.496 e. The van der Waals surface area contributed by atoms with E-state index in [2.05, 4.69) is 53.2 Å². The van der Waals surface area contributed by atoms with Crippen molar-refractivity contribution in [2.24, 2.45) is 0 Å². The number of unbranched alkanes of at least 4 members (excludes halogenated alkanes) is 2. The van der Waals surface area contributed by atoms with Crippen LogP contribution in [0.15, 0.2) is 38.3 Å². The number of ether oxygens (including phenoxy) is 1. The monoisotopic (exact) mass is 526 g/mol. The van der Waals surface area contributed by atoms with Crippen molar-refractivity contribution in [1.29, 1.82) is 0 Å². The lowest BCUT2D eigenvalue weighted by Gasteiger charge is -2.09. The summed E-state index contributed by atoms with van der Waals surface area (Å²) in [6, 6.07) is 7.45. The van der Waals surface area contributed by atoms with Gasteiger partial charge in [-0.3, -0.25) is 9.36 Å². The van der Waals surface area contributed by atoms with Gasteiger partial charge in [-0.25, -0.2) is 9.38 Å². The fourth-order valence-electron chi connectivity index (χ4n) is 3.97. The van der Waals surface area contributed by atoms with Gasteiger partial charge in [0.2, 0.25) is 5.78 Å². The molecule has 0 aliphatic rings. The van der Waals surface area contributed by atoms with Crippen LogP contribution in [-0.2, 0) is 19.4 Å². The van der Waals surface area contributed by atoms with E-state index in [1.165, 1.54) is 0 Å². The van der Waals surface area contributed by atoms with Crippen molar-refractivity contribution in [3.63, 3.8) is 0 Å². The first-order valence-corrected chi connectivity index (χ1v) is 11.9. The Balaban J connectivity index is 1.46. The van der Waals surface area contributed by atoms with E-state index in [0.29, 0.717) is 64.4 Å². The normalized spacial score (nSPS) is 11.6. The van der Waals surface area contributed by atoms with E-state index >= 15 is 0 Å². The van der Waals surface area contributed by atoms with Crippen molar-refractivity contribution in [2.45, 2.75) is 45.6 Å². The predicted octanol–water partition coefficient (Wildman–Crippen LogP) is 3.56. The van der Waals surface area contributed by atoms with Crippen molar-refractivity contribution < 1.29 is 9.26 Å². The standard InChI is InChI=1S/C22H23BrN8O3/c1-3-4-7-12-30-18-17(25-21(23)26-18)20(32)31-16(27-28-22(30)31)11-10-15-24-19(34-29-15)13-8-5-6-9-14(13)33-2/h5-6,8-9H,3-4,7,10-12H2,1-2H3,(H,25,26). The molecule has 0 saturated heterocycles. The summed E-state index contributed by atoms with van der Waals surface area (Å²) in [6.45, 7) is 2.84. The van der Waals surface area contributed by atoms with Crippen LogP contribution in [0.2, 0.25) is 0 Å². The van der Waals surface area contributed by atoms with Gasteiger partial charge in [-0.1, -0.05) is 37.1 Å². The molecule has 5 rings (SSSR count). The van der Waals surface area contributed by atoms with Crippen LogP contribution < -0.4 is 10.3 Å². The molecule has 0 atom stereocenters. The number of methoxy groups -OCH3 is 1. The maximum atomic E-state index is 13.3. The first-order valence-electron chi connectivity index (χ1n) is 11.1. The zero-order valence-electron chi connectivity index (χ0n) is 18.8. The minimum atomic E-state index is -0.238. The van der Waals surface area contributed by atoms with E-state index in [4.69, 9.17) is 9.26 Å². The van der Waals surface area contributed by atoms with Gasteiger partial charge >= 0.3 is 0 Å². The number of hydrogen-bond donors (Lipinski definition) is 1. The lowest BCUT2D eigenvalue weighted by molar-refractivity contribution is 0.402. The van der Waals surface area contributed by atoms with Crippen LogP contribution in [-0.4, -0.2) is 46.4 Å². The van der Waals surface area contributed by atoms with Crippen molar-refractivity contribution >= 4 is 32.9 Å². The molecule has 0 amide bonds. The number of hydrogen-bond acceptors (Lipinski definition) is 8. The number of aromatic nitrogens is 8. The van der Waals surface area contributed by atoms with Crippen LogP contribution >= 0.6 is 15.9 Å². The number of nitrogens with zero attached hydrogens (tertiary/aromatic N) is 7. The van der Waals surface area contributed by atoms with E-state index in [0.717, 1.165) is 24.8 Å². The summed E-state index contributed by atoms with van der Waals surface area (Å²) in [5.41, 5.74) is 1.46. The molecule has 11 nitrogen and oxygen atoms in total. The Bertz CT molecular complexity index is 1520. The summed E-state index contributed by atoms with van der Waals surface area (Å²) in [4.78, 5) is 25.2. The zero-order chi connectivity index (χ0) is 23.7. The van der Waals surface area contributed by atoms with Gasteiger partial charge in [0, 0.05) is 19.4 Å². The first-order chi connectivity index (χ1) is 16.6. The molecular weight excluding hydrogens is 504 g/mol. The molecule has 34 heavy (non-hydrogen) atoms. The molecular formula is C22H23BrN8O3. The number of aromatic amines is 1. The lowest BCUT2D eigenvalue weighted by Crippen LogP contribution is -2.21. The van der Waals surface area contributed by atoms with E-state index in [1.54, 1.807) is 11.5 Å². The molecule has 0 radical (unpaired) electrons. The summed E-state index contributed by atoms with van der Waals surface area (Å²) in [5.74, 6) is 2.54. The zero-order valence-corrected chi connectivity index (χ0v) is 20.4. The van der Waals surface area contributed by atoms with Crippen molar-refractivity contribution in [1.82, 2.24) is 39.3 Å². The second-order valence-corrected chi connectivity index (χ2v) is 8.61. The highest BCUT2D eigenvalue weighted by Crippen LogP contribution is 2.28. The Morgan fingerprint density at radius 1 is 1.15 bits per heavy atom. The Labute approximate surface area is 202 Å². The molecule has 12 heteroatoms. The molecule has 176 valence electrons. The van der Waals surface area contributed by atoms with E-state index < -0.39 is 0 Å². The van der Waals surface area contributed by atoms with Gasteiger partial charge in [-0.15, -0.1) is 10.2 Å². The third-order valence-corrected chi connectivity index (χ3v) is 6.02. The molecule has 5 aromatic rings. The molecule has 0 aliphatic heterocycles. The quantitative estimate of drug-likeness (QED) is 0.228. The number of imidazole rings is 1. The maximum absolute atomic E-state index is 13.3. The van der Waals surface area contributed by atoms with Crippen LogP contribution in [0.4, 0.5) is 0 Å². The fourth-order valence-corrected chi connectivity index (χ4v) is 4.34. The molecule has 1 aromatic carbocycles. The summed E-state index contributed by atoms with van der Waals surface area (Å²) in [5, 5.41) is 12.7. The molecule has 4 aromatic heterocycles. The second kappa shape index (κ2) is 9.37. The predicted molar refractivity (Wildman–Crippen MR) is 128 cm³/mol. The molecule has 0 aliphatic carbocycles. The van der Waals surface area contributed by atoms with Crippen molar-refractivity contribution in [2.75, 3.05) is 7.11 Å². The molecule has 4 heterocycles. The Hall–Kier alpha value is -3.54. The Morgan fingerprint density at radius 3 is 2.82 bits per heavy atom. The highest BCUT2D eigenvalue weighted by Gasteiger charge is 2.20. The number of fused-ring (bicyclic) bond motifs is 2. The summed E-state index contributed by atoms with van der Waals surface area (Å²) in [7, 11) is 1.59. The number of aryl methyl sites for hydroxylation is 3. The molecule has 0 unspecified atom stereocenters. The molecule has 1 N–H and O–H groups in total. The molecule has 0 fully saturated rings. The van der Waals surface area contributed by atoms with Gasteiger partial charge in [0.15, 0.2) is 21.7 Å². The minimum absolute atomic E-state index is 0.238. The van der Waals surface area contributed by atoms with Gasteiger partial charge < -0.3 is 14.2 Å². The molecule has 0 saturated carbocycles. The highest BCUT2D eigenvalue weighted by atomic mass is 79.9. The van der Waals surface area contributed by atoms with Crippen molar-refractivity contribution in [3.05, 3.63) is 51.0 Å². The third-order valence-electron chi connectivity index (χ3n) is 5.65. The lowest BCUT2D eigenvalue weighted by atomic mass is 10.2. The van der Waals surface area contributed by atoms with Crippen LogP contribution in [0.3, 0.4) is 0 Å². The molecule has 0 spiro atoms. The molecule has 0 bridgehead atoms. The van der Waals surface area contributed by atoms with Crippen LogP contribution in [0.25, 0.3) is 28.4 Å². The second-order valence-electron chi connectivity index (χ2n) is 7.86. The Kier molecular flexibility index (Phi) is 6.14. The van der Waals surface area contributed by atoms with Crippen molar-refractivity contribution in [3.8, 4) is 17.2 Å². The SMILES string of the molecule is CCCCCn1c2nc(Br)[nH]c2c(=O)n2c(CCc3noc(-c4ccccc4OC)n3)nnc12. The number of nitrogens with one attached hydrogen (secondary N) is 1.